The molecule has 0 amide bonds. The summed E-state index contributed by atoms with van der Waals surface area (Å²) in [6.07, 6.45) is 0.765. The van der Waals surface area contributed by atoms with Gasteiger partial charge < -0.3 is 14.6 Å². The Kier molecular flexibility index (Phi) is 7.75. The van der Waals surface area contributed by atoms with Crippen LogP contribution in [0.3, 0.4) is 0 Å². The van der Waals surface area contributed by atoms with Crippen molar-refractivity contribution in [1.82, 2.24) is 0 Å². The van der Waals surface area contributed by atoms with Gasteiger partial charge in [-0.3, -0.25) is 0 Å². The van der Waals surface area contributed by atoms with E-state index in [9.17, 15) is 0 Å². The predicted molar refractivity (Wildman–Crippen MR) is 124 cm³/mol. The van der Waals surface area contributed by atoms with Crippen LogP contribution in [0.2, 0.25) is 0 Å². The fourth-order valence-electron chi connectivity index (χ4n) is 4.09. The van der Waals surface area contributed by atoms with Gasteiger partial charge in [0.1, 0.15) is 18.1 Å². The van der Waals surface area contributed by atoms with E-state index in [2.05, 4.69) is 70.2 Å². The molecule has 0 aliphatic rings. The lowest BCUT2D eigenvalue weighted by Gasteiger charge is -2.25. The molecular formula is C27H34O3. The van der Waals surface area contributed by atoms with Gasteiger partial charge in [0.25, 0.3) is 0 Å². The van der Waals surface area contributed by atoms with Gasteiger partial charge in [-0.25, -0.2) is 0 Å². The Hall–Kier alpha value is -2.52. The average Bonchev–Trinajstić information content (AvgIpc) is 2.73. The molecule has 3 heteroatoms. The van der Waals surface area contributed by atoms with E-state index in [1.54, 1.807) is 0 Å². The van der Waals surface area contributed by atoms with Crippen LogP contribution >= 0.6 is 0 Å². The predicted octanol–water partition coefficient (Wildman–Crippen LogP) is 6.11. The molecule has 0 fully saturated rings. The number of rotatable bonds is 10. The zero-order chi connectivity index (χ0) is 21.5. The molecule has 160 valence electrons. The van der Waals surface area contributed by atoms with Gasteiger partial charge in [0, 0.05) is 6.42 Å². The number of hydrogen-bond donors (Lipinski definition) is 1. The Morgan fingerprint density at radius 2 is 1.50 bits per heavy atom. The monoisotopic (exact) mass is 406 g/mol. The van der Waals surface area contributed by atoms with Gasteiger partial charge >= 0.3 is 0 Å². The molecule has 0 aromatic heterocycles. The molecule has 3 rings (SSSR count). The highest BCUT2D eigenvalue weighted by atomic mass is 16.5. The minimum absolute atomic E-state index is 0.00566. The second kappa shape index (κ2) is 10.5. The van der Waals surface area contributed by atoms with Gasteiger partial charge in [-0.15, -0.1) is 0 Å². The quantitative estimate of drug-likeness (QED) is 0.441. The first kappa shape index (κ1) is 22.2. The number of aliphatic hydroxyl groups excluding tert-OH is 1. The average molecular weight is 407 g/mol. The number of ether oxygens (including phenoxy) is 2. The number of para-hydroxylation sites is 1. The summed E-state index contributed by atoms with van der Waals surface area (Å²) in [5, 5.41) is 11.5. The molecule has 0 unspecified atom stereocenters. The standard InChI is InChI=1S/C27H34O3/c1-19(2)26(20(3)4)18-30-27-12-8-6-10-22(27)15-23-17-24(29-14-13-28)16-21-9-5-7-11-25(21)23/h5-12,16-17,19-20,26,28H,13-15,18H2,1-4H3. The van der Waals surface area contributed by atoms with Crippen LogP contribution in [0.15, 0.2) is 60.7 Å². The summed E-state index contributed by atoms with van der Waals surface area (Å²) in [7, 11) is 0. The number of aliphatic hydroxyl groups is 1. The SMILES string of the molecule is CC(C)C(COc1ccccc1Cc1cc(OCCO)cc2ccccc12)C(C)C. The fraction of sp³-hybridized carbons (Fsp3) is 0.407. The first-order valence-electron chi connectivity index (χ1n) is 11.0. The molecule has 0 radical (unpaired) electrons. The second-order valence-corrected chi connectivity index (χ2v) is 8.62. The molecule has 0 bridgehead atoms. The highest BCUT2D eigenvalue weighted by Gasteiger charge is 2.19. The Morgan fingerprint density at radius 1 is 0.800 bits per heavy atom. The third kappa shape index (κ3) is 5.54. The molecule has 0 saturated heterocycles. The maximum atomic E-state index is 9.12. The minimum atomic E-state index is 0.00566. The summed E-state index contributed by atoms with van der Waals surface area (Å²) in [6, 6.07) is 20.8. The van der Waals surface area contributed by atoms with Gasteiger partial charge in [0.2, 0.25) is 0 Å². The van der Waals surface area contributed by atoms with Crippen molar-refractivity contribution in [3.63, 3.8) is 0 Å². The van der Waals surface area contributed by atoms with E-state index in [1.165, 1.54) is 16.5 Å². The number of benzene rings is 3. The van der Waals surface area contributed by atoms with Crippen LogP contribution in [-0.2, 0) is 6.42 Å². The first-order chi connectivity index (χ1) is 14.5. The van der Waals surface area contributed by atoms with Crippen molar-refractivity contribution in [2.45, 2.75) is 34.1 Å². The van der Waals surface area contributed by atoms with Crippen LogP contribution in [0.5, 0.6) is 11.5 Å². The lowest BCUT2D eigenvalue weighted by Crippen LogP contribution is -2.23. The van der Waals surface area contributed by atoms with E-state index in [0.29, 0.717) is 24.4 Å². The normalized spacial score (nSPS) is 11.6. The van der Waals surface area contributed by atoms with Crippen molar-refractivity contribution in [2.24, 2.45) is 17.8 Å². The van der Waals surface area contributed by atoms with Gasteiger partial charge in [0.15, 0.2) is 0 Å². The van der Waals surface area contributed by atoms with Gasteiger partial charge in [-0.1, -0.05) is 70.2 Å². The summed E-state index contributed by atoms with van der Waals surface area (Å²) < 4.78 is 12.1. The van der Waals surface area contributed by atoms with Crippen molar-refractivity contribution < 1.29 is 14.6 Å². The van der Waals surface area contributed by atoms with E-state index in [1.807, 2.05) is 18.2 Å². The highest BCUT2D eigenvalue weighted by Crippen LogP contribution is 2.31. The lowest BCUT2D eigenvalue weighted by atomic mass is 9.86. The van der Waals surface area contributed by atoms with Crippen molar-refractivity contribution in [3.8, 4) is 11.5 Å². The Labute approximate surface area is 180 Å². The Bertz CT molecular complexity index is 938. The van der Waals surface area contributed by atoms with Crippen LogP contribution in [-0.4, -0.2) is 24.9 Å². The molecule has 1 N–H and O–H groups in total. The maximum absolute atomic E-state index is 9.12. The Morgan fingerprint density at radius 3 is 2.23 bits per heavy atom. The zero-order valence-electron chi connectivity index (χ0n) is 18.6. The zero-order valence-corrected chi connectivity index (χ0v) is 18.6. The molecule has 3 aromatic rings. The summed E-state index contributed by atoms with van der Waals surface area (Å²) >= 11 is 0. The number of hydrogen-bond acceptors (Lipinski definition) is 3. The van der Waals surface area contributed by atoms with E-state index < -0.39 is 0 Å². The molecule has 3 aromatic carbocycles. The van der Waals surface area contributed by atoms with Gasteiger partial charge in [-0.2, -0.15) is 0 Å². The summed E-state index contributed by atoms with van der Waals surface area (Å²) in [5.41, 5.74) is 2.37. The highest BCUT2D eigenvalue weighted by molar-refractivity contribution is 5.87. The first-order valence-corrected chi connectivity index (χ1v) is 11.0. The molecule has 0 heterocycles. The topological polar surface area (TPSA) is 38.7 Å². The summed E-state index contributed by atoms with van der Waals surface area (Å²) in [4.78, 5) is 0. The van der Waals surface area contributed by atoms with Crippen LogP contribution in [0.1, 0.15) is 38.8 Å². The molecule has 0 atom stereocenters. The van der Waals surface area contributed by atoms with Crippen molar-refractivity contribution in [1.29, 1.82) is 0 Å². The van der Waals surface area contributed by atoms with Crippen LogP contribution < -0.4 is 9.47 Å². The van der Waals surface area contributed by atoms with Gasteiger partial charge in [-0.05, 0) is 57.9 Å². The van der Waals surface area contributed by atoms with E-state index >= 15 is 0 Å². The number of fused-ring (bicyclic) bond motifs is 1. The van der Waals surface area contributed by atoms with E-state index in [-0.39, 0.29) is 6.61 Å². The van der Waals surface area contributed by atoms with E-state index in [4.69, 9.17) is 14.6 Å². The van der Waals surface area contributed by atoms with Crippen molar-refractivity contribution in [3.05, 3.63) is 71.8 Å². The van der Waals surface area contributed by atoms with Crippen LogP contribution in [0.4, 0.5) is 0 Å². The Balaban J connectivity index is 1.88. The summed E-state index contributed by atoms with van der Waals surface area (Å²) in [5.74, 6) is 3.43. The molecule has 30 heavy (non-hydrogen) atoms. The molecular weight excluding hydrogens is 372 g/mol. The molecule has 0 spiro atoms. The molecule has 0 saturated carbocycles. The molecule has 0 aliphatic carbocycles. The van der Waals surface area contributed by atoms with Gasteiger partial charge in [0.05, 0.1) is 13.2 Å². The van der Waals surface area contributed by atoms with E-state index in [0.717, 1.165) is 29.9 Å². The largest absolute Gasteiger partial charge is 0.493 e. The van der Waals surface area contributed by atoms with Crippen molar-refractivity contribution >= 4 is 10.8 Å². The smallest absolute Gasteiger partial charge is 0.122 e. The third-order valence-corrected chi connectivity index (χ3v) is 5.78. The fourth-order valence-corrected chi connectivity index (χ4v) is 4.09. The third-order valence-electron chi connectivity index (χ3n) is 5.78. The minimum Gasteiger partial charge on any atom is -0.493 e. The summed E-state index contributed by atoms with van der Waals surface area (Å²) in [6.45, 7) is 10.1. The van der Waals surface area contributed by atoms with Crippen LogP contribution in [0.25, 0.3) is 10.8 Å². The second-order valence-electron chi connectivity index (χ2n) is 8.62. The molecule has 3 nitrogen and oxygen atoms in total. The van der Waals surface area contributed by atoms with Crippen molar-refractivity contribution in [2.75, 3.05) is 19.8 Å². The van der Waals surface area contributed by atoms with Crippen LogP contribution in [0, 0.1) is 17.8 Å². The lowest BCUT2D eigenvalue weighted by molar-refractivity contribution is 0.166. The molecule has 0 aliphatic heterocycles. The maximum Gasteiger partial charge on any atom is 0.122 e.